The number of guanidine groups is 1. The molecule has 176 valence electrons. The molecule has 0 bridgehead atoms. The highest BCUT2D eigenvalue weighted by molar-refractivity contribution is 5.79. The Morgan fingerprint density at radius 2 is 1.56 bits per heavy atom. The van der Waals surface area contributed by atoms with Crippen LogP contribution in [0.15, 0.2) is 35.3 Å². The lowest BCUT2D eigenvalue weighted by Gasteiger charge is -2.17. The fourth-order valence-electron chi connectivity index (χ4n) is 3.12. The molecule has 2 N–H and O–H groups in total. The Bertz CT molecular complexity index is 861. The summed E-state index contributed by atoms with van der Waals surface area (Å²) in [6.07, 6.45) is 0. The molecule has 0 unspecified atom stereocenters. The molecular formula is C24H35N3O5. The van der Waals surface area contributed by atoms with Gasteiger partial charge in [-0.1, -0.05) is 12.1 Å². The van der Waals surface area contributed by atoms with E-state index in [2.05, 4.69) is 27.8 Å². The molecular weight excluding hydrogens is 410 g/mol. The van der Waals surface area contributed by atoms with Gasteiger partial charge in [-0.25, -0.2) is 0 Å². The highest BCUT2D eigenvalue weighted by atomic mass is 16.5. The van der Waals surface area contributed by atoms with Crippen LogP contribution in [0.3, 0.4) is 0 Å². The van der Waals surface area contributed by atoms with E-state index in [0.717, 1.165) is 22.4 Å². The molecule has 8 heteroatoms. The normalized spacial score (nSPS) is 11.1. The van der Waals surface area contributed by atoms with E-state index in [1.807, 2.05) is 32.0 Å². The van der Waals surface area contributed by atoms with Gasteiger partial charge in [0.25, 0.3) is 0 Å². The second kappa shape index (κ2) is 13.3. The average Bonchev–Trinajstić information content (AvgIpc) is 2.82. The Hall–Kier alpha value is -3.13. The van der Waals surface area contributed by atoms with Gasteiger partial charge in [-0.2, -0.15) is 0 Å². The van der Waals surface area contributed by atoms with Crippen molar-refractivity contribution in [2.45, 2.75) is 26.9 Å². The van der Waals surface area contributed by atoms with Crippen molar-refractivity contribution in [1.29, 1.82) is 0 Å². The van der Waals surface area contributed by atoms with Crippen LogP contribution in [0.2, 0.25) is 0 Å². The van der Waals surface area contributed by atoms with E-state index in [1.165, 1.54) is 0 Å². The molecule has 2 aromatic carbocycles. The smallest absolute Gasteiger partial charge is 0.203 e. The van der Waals surface area contributed by atoms with Gasteiger partial charge in [0.05, 0.1) is 27.9 Å². The van der Waals surface area contributed by atoms with Crippen LogP contribution in [-0.4, -0.2) is 54.2 Å². The van der Waals surface area contributed by atoms with Gasteiger partial charge in [0, 0.05) is 32.3 Å². The summed E-state index contributed by atoms with van der Waals surface area (Å²) in [5, 5.41) is 6.65. The molecule has 2 aromatic rings. The van der Waals surface area contributed by atoms with Crippen molar-refractivity contribution in [2.75, 3.05) is 48.2 Å². The number of methoxy groups -OCH3 is 3. The zero-order valence-corrected chi connectivity index (χ0v) is 19.9. The number of aryl methyl sites for hydroxylation is 1. The molecule has 0 atom stereocenters. The quantitative estimate of drug-likeness (QED) is 0.295. The van der Waals surface area contributed by atoms with Crippen molar-refractivity contribution in [1.82, 2.24) is 10.6 Å². The average molecular weight is 446 g/mol. The molecule has 2 rings (SSSR count). The number of rotatable bonds is 12. The summed E-state index contributed by atoms with van der Waals surface area (Å²) < 4.78 is 27.5. The maximum atomic E-state index is 5.92. The van der Waals surface area contributed by atoms with Crippen LogP contribution in [-0.2, 0) is 17.8 Å². The van der Waals surface area contributed by atoms with Crippen LogP contribution < -0.4 is 29.6 Å². The molecule has 0 aromatic heterocycles. The van der Waals surface area contributed by atoms with E-state index in [4.69, 9.17) is 23.7 Å². The van der Waals surface area contributed by atoms with Crippen molar-refractivity contribution in [3.05, 3.63) is 47.0 Å². The fourth-order valence-corrected chi connectivity index (χ4v) is 3.12. The first-order chi connectivity index (χ1) is 15.6. The standard InChI is InChI=1S/C24H35N3O5/c1-7-31-10-11-32-20-12-17(2)8-9-19(20)16-27-24(25-3)26-15-18-13-21(28-4)23(30-6)22(14-18)29-5/h8-9,12-14H,7,10-11,15-16H2,1-6H3,(H2,25,26,27). The van der Waals surface area contributed by atoms with E-state index >= 15 is 0 Å². The summed E-state index contributed by atoms with van der Waals surface area (Å²) >= 11 is 0. The molecule has 0 aliphatic rings. The van der Waals surface area contributed by atoms with Gasteiger partial charge in [-0.15, -0.1) is 0 Å². The number of aliphatic imine (C=N–C) groups is 1. The highest BCUT2D eigenvalue weighted by Gasteiger charge is 2.13. The van der Waals surface area contributed by atoms with E-state index in [1.54, 1.807) is 28.4 Å². The lowest BCUT2D eigenvalue weighted by atomic mass is 10.1. The molecule has 0 spiro atoms. The van der Waals surface area contributed by atoms with Crippen LogP contribution in [0, 0.1) is 6.92 Å². The first kappa shape index (κ1) is 25.1. The Labute approximate surface area is 190 Å². The molecule has 8 nitrogen and oxygen atoms in total. The molecule has 0 aliphatic carbocycles. The van der Waals surface area contributed by atoms with E-state index in [0.29, 0.717) is 56.1 Å². The number of hydrogen-bond donors (Lipinski definition) is 2. The first-order valence-corrected chi connectivity index (χ1v) is 10.6. The minimum absolute atomic E-state index is 0.512. The van der Waals surface area contributed by atoms with Gasteiger partial charge in [0.15, 0.2) is 17.5 Å². The van der Waals surface area contributed by atoms with E-state index in [9.17, 15) is 0 Å². The summed E-state index contributed by atoms with van der Waals surface area (Å²) in [5.74, 6) is 3.30. The molecule has 0 aliphatic heterocycles. The first-order valence-electron chi connectivity index (χ1n) is 10.6. The number of nitrogens with zero attached hydrogens (tertiary/aromatic N) is 1. The van der Waals surface area contributed by atoms with E-state index < -0.39 is 0 Å². The van der Waals surface area contributed by atoms with Gasteiger partial charge >= 0.3 is 0 Å². The fraction of sp³-hybridized carbons (Fsp3) is 0.458. The summed E-state index contributed by atoms with van der Waals surface area (Å²) in [7, 11) is 6.53. The predicted molar refractivity (Wildman–Crippen MR) is 126 cm³/mol. The van der Waals surface area contributed by atoms with Gasteiger partial charge < -0.3 is 34.3 Å². The molecule has 32 heavy (non-hydrogen) atoms. The van der Waals surface area contributed by atoms with Crippen LogP contribution in [0.25, 0.3) is 0 Å². The minimum Gasteiger partial charge on any atom is -0.493 e. The van der Waals surface area contributed by atoms with Crippen LogP contribution in [0.1, 0.15) is 23.6 Å². The zero-order valence-electron chi connectivity index (χ0n) is 19.9. The summed E-state index contributed by atoms with van der Waals surface area (Å²) in [6, 6.07) is 9.98. The SMILES string of the molecule is CCOCCOc1cc(C)ccc1CNC(=NC)NCc1cc(OC)c(OC)c(OC)c1. The van der Waals surface area contributed by atoms with Crippen molar-refractivity contribution >= 4 is 5.96 Å². The van der Waals surface area contributed by atoms with Crippen LogP contribution in [0.5, 0.6) is 23.0 Å². The zero-order chi connectivity index (χ0) is 23.3. The molecule has 0 amide bonds. The maximum absolute atomic E-state index is 5.92. The lowest BCUT2D eigenvalue weighted by molar-refractivity contribution is 0.110. The predicted octanol–water partition coefficient (Wildman–Crippen LogP) is 3.30. The molecule has 0 heterocycles. The maximum Gasteiger partial charge on any atom is 0.203 e. The third kappa shape index (κ3) is 7.23. The molecule has 0 saturated carbocycles. The van der Waals surface area contributed by atoms with Crippen molar-refractivity contribution in [3.63, 3.8) is 0 Å². The highest BCUT2D eigenvalue weighted by Crippen LogP contribution is 2.38. The minimum atomic E-state index is 0.512. The summed E-state index contributed by atoms with van der Waals surface area (Å²) in [5.41, 5.74) is 3.16. The Morgan fingerprint density at radius 3 is 2.16 bits per heavy atom. The lowest BCUT2D eigenvalue weighted by Crippen LogP contribution is -2.36. The van der Waals surface area contributed by atoms with Crippen molar-refractivity contribution in [2.24, 2.45) is 4.99 Å². The Balaban J connectivity index is 2.01. The monoisotopic (exact) mass is 445 g/mol. The van der Waals surface area contributed by atoms with Crippen LogP contribution in [0.4, 0.5) is 0 Å². The van der Waals surface area contributed by atoms with Gasteiger partial charge in [-0.3, -0.25) is 4.99 Å². The second-order valence-corrected chi connectivity index (χ2v) is 6.97. The van der Waals surface area contributed by atoms with Gasteiger partial charge in [-0.05, 0) is 43.2 Å². The number of benzene rings is 2. The molecule has 0 fully saturated rings. The topological polar surface area (TPSA) is 82.6 Å². The van der Waals surface area contributed by atoms with Gasteiger partial charge in [0.2, 0.25) is 5.75 Å². The third-order valence-corrected chi connectivity index (χ3v) is 4.77. The number of hydrogen-bond acceptors (Lipinski definition) is 6. The summed E-state index contributed by atoms with van der Waals surface area (Å²) in [4.78, 5) is 4.32. The third-order valence-electron chi connectivity index (χ3n) is 4.77. The summed E-state index contributed by atoms with van der Waals surface area (Å²) in [6.45, 7) is 6.87. The largest absolute Gasteiger partial charge is 0.493 e. The molecule has 0 saturated heterocycles. The Morgan fingerprint density at radius 1 is 0.875 bits per heavy atom. The van der Waals surface area contributed by atoms with Gasteiger partial charge in [0.1, 0.15) is 12.4 Å². The number of ether oxygens (including phenoxy) is 5. The van der Waals surface area contributed by atoms with Crippen molar-refractivity contribution < 1.29 is 23.7 Å². The van der Waals surface area contributed by atoms with E-state index in [-0.39, 0.29) is 0 Å². The van der Waals surface area contributed by atoms with Crippen molar-refractivity contribution in [3.8, 4) is 23.0 Å². The number of nitrogens with one attached hydrogen (secondary N) is 2. The molecule has 0 radical (unpaired) electrons. The second-order valence-electron chi connectivity index (χ2n) is 6.97. The Kier molecular flexibility index (Phi) is 10.5. The van der Waals surface area contributed by atoms with Crippen LogP contribution >= 0.6 is 0 Å².